The van der Waals surface area contributed by atoms with Crippen LogP contribution in [0.15, 0.2) is 42.6 Å². The van der Waals surface area contributed by atoms with Crippen molar-refractivity contribution >= 4 is 11.6 Å². The van der Waals surface area contributed by atoms with Gasteiger partial charge in [0.1, 0.15) is 25.5 Å². The van der Waals surface area contributed by atoms with Gasteiger partial charge in [-0.2, -0.15) is 0 Å². The van der Waals surface area contributed by atoms with Crippen LogP contribution in [-0.4, -0.2) is 42.8 Å². The molecule has 0 amide bonds. The van der Waals surface area contributed by atoms with E-state index in [4.69, 9.17) is 21.3 Å². The average molecular weight is 443 g/mol. The number of hydrogen-bond donors (Lipinski definition) is 1. The van der Waals surface area contributed by atoms with Crippen LogP contribution in [0.5, 0.6) is 5.88 Å². The molecule has 0 radical (unpaired) electrons. The fourth-order valence-electron chi connectivity index (χ4n) is 4.66. The fraction of sp³-hybridized carbons (Fsp3) is 0.409. The number of fused-ring (bicyclic) bond motifs is 3. The van der Waals surface area contributed by atoms with Crippen LogP contribution >= 0.6 is 11.6 Å². The fourth-order valence-corrected chi connectivity index (χ4v) is 4.85. The van der Waals surface area contributed by atoms with E-state index in [0.717, 1.165) is 48.6 Å². The highest BCUT2D eigenvalue weighted by Gasteiger charge is 2.37. The first-order valence-electron chi connectivity index (χ1n) is 10.5. The Bertz CT molecular complexity index is 1070. The second-order valence-electron chi connectivity index (χ2n) is 8.54. The number of halogens is 1. The van der Waals surface area contributed by atoms with Gasteiger partial charge in [0.2, 0.25) is 5.88 Å². The maximum atomic E-state index is 9.56. The SMILES string of the molecule is C[N+]1(OO)Cc2cc(Cl)ccc2-n2c(nnc2C2CCC(Oc3ccccn3)CC2)C1. The van der Waals surface area contributed by atoms with Crippen LogP contribution in [0.2, 0.25) is 5.02 Å². The molecule has 0 saturated heterocycles. The van der Waals surface area contributed by atoms with E-state index in [0.29, 0.717) is 24.0 Å². The van der Waals surface area contributed by atoms with Crippen molar-refractivity contribution < 1.29 is 19.6 Å². The Kier molecular flexibility index (Phi) is 5.39. The molecule has 3 aromatic rings. The number of aromatic nitrogens is 4. The van der Waals surface area contributed by atoms with Crippen LogP contribution in [-0.2, 0) is 18.1 Å². The second kappa shape index (κ2) is 8.20. The highest BCUT2D eigenvalue weighted by molar-refractivity contribution is 6.30. The number of quaternary nitrogens is 1. The molecule has 1 N–H and O–H groups in total. The van der Waals surface area contributed by atoms with E-state index in [9.17, 15) is 5.26 Å². The molecule has 2 aromatic heterocycles. The van der Waals surface area contributed by atoms with Gasteiger partial charge < -0.3 is 4.74 Å². The van der Waals surface area contributed by atoms with Crippen molar-refractivity contribution in [3.63, 3.8) is 0 Å². The number of ether oxygens (including phenoxy) is 1. The minimum Gasteiger partial charge on any atom is -0.474 e. The van der Waals surface area contributed by atoms with Crippen molar-refractivity contribution in [1.29, 1.82) is 0 Å². The maximum absolute atomic E-state index is 9.56. The molecule has 1 fully saturated rings. The van der Waals surface area contributed by atoms with Gasteiger partial charge in [-0.05, 0) is 54.9 Å². The minimum atomic E-state index is -0.0455. The first kappa shape index (κ1) is 20.4. The zero-order chi connectivity index (χ0) is 21.4. The Morgan fingerprint density at radius 3 is 2.68 bits per heavy atom. The average Bonchev–Trinajstić information content (AvgIpc) is 3.12. The predicted octanol–water partition coefficient (Wildman–Crippen LogP) is 4.29. The lowest BCUT2D eigenvalue weighted by Crippen LogP contribution is -2.41. The minimum absolute atomic E-state index is 0.0455. The number of hydrogen-bond acceptors (Lipinski definition) is 6. The molecule has 0 spiro atoms. The maximum Gasteiger partial charge on any atom is 0.213 e. The second-order valence-corrected chi connectivity index (χ2v) is 8.97. The molecular weight excluding hydrogens is 418 g/mol. The van der Waals surface area contributed by atoms with Crippen molar-refractivity contribution in [2.75, 3.05) is 7.05 Å². The summed E-state index contributed by atoms with van der Waals surface area (Å²) in [5.41, 5.74) is 1.97. The van der Waals surface area contributed by atoms with Gasteiger partial charge in [-0.25, -0.2) is 10.2 Å². The Balaban J connectivity index is 1.41. The predicted molar refractivity (Wildman–Crippen MR) is 114 cm³/mol. The summed E-state index contributed by atoms with van der Waals surface area (Å²) in [7, 11) is 1.81. The molecule has 5 rings (SSSR count). The van der Waals surface area contributed by atoms with Crippen molar-refractivity contribution in [2.24, 2.45) is 0 Å². The first-order chi connectivity index (χ1) is 15.0. The first-order valence-corrected chi connectivity index (χ1v) is 10.9. The Morgan fingerprint density at radius 1 is 1.10 bits per heavy atom. The Hall–Kier alpha value is -2.52. The van der Waals surface area contributed by atoms with E-state index < -0.39 is 0 Å². The van der Waals surface area contributed by atoms with Gasteiger partial charge in [0.25, 0.3) is 0 Å². The molecule has 9 heteroatoms. The van der Waals surface area contributed by atoms with E-state index in [-0.39, 0.29) is 16.7 Å². The van der Waals surface area contributed by atoms with E-state index in [2.05, 4.69) is 19.7 Å². The van der Waals surface area contributed by atoms with Crippen LogP contribution in [0, 0.1) is 0 Å². The van der Waals surface area contributed by atoms with Crippen LogP contribution in [0.25, 0.3) is 5.69 Å². The van der Waals surface area contributed by atoms with Crippen LogP contribution in [0.3, 0.4) is 0 Å². The third-order valence-electron chi connectivity index (χ3n) is 6.18. The molecular formula is C22H25ClN5O3+. The van der Waals surface area contributed by atoms with Gasteiger partial charge in [0.15, 0.2) is 12.4 Å². The summed E-state index contributed by atoms with van der Waals surface area (Å²) in [5, 5.41) is 19.3. The Morgan fingerprint density at radius 2 is 1.94 bits per heavy atom. The summed E-state index contributed by atoms with van der Waals surface area (Å²) in [6.45, 7) is 0.869. The molecule has 0 bridgehead atoms. The van der Waals surface area contributed by atoms with E-state index >= 15 is 0 Å². The molecule has 162 valence electrons. The molecule has 8 nitrogen and oxygen atoms in total. The van der Waals surface area contributed by atoms with E-state index in [1.54, 1.807) is 6.20 Å². The molecule has 3 heterocycles. The number of nitrogens with zero attached hydrogens (tertiary/aromatic N) is 5. The van der Waals surface area contributed by atoms with Crippen LogP contribution < -0.4 is 4.74 Å². The topological polar surface area (TPSA) is 82.3 Å². The number of pyridine rings is 1. The van der Waals surface area contributed by atoms with Crippen LogP contribution in [0.1, 0.15) is 48.8 Å². The molecule has 1 aliphatic heterocycles. The van der Waals surface area contributed by atoms with Crippen molar-refractivity contribution in [3.05, 3.63) is 64.8 Å². The molecule has 1 aliphatic carbocycles. The largest absolute Gasteiger partial charge is 0.474 e. The summed E-state index contributed by atoms with van der Waals surface area (Å²) in [4.78, 5) is 9.10. The number of hydroxylamine groups is 3. The van der Waals surface area contributed by atoms with E-state index in [1.807, 2.05) is 43.4 Å². The number of benzene rings is 1. The summed E-state index contributed by atoms with van der Waals surface area (Å²) >= 11 is 6.27. The van der Waals surface area contributed by atoms with Gasteiger partial charge >= 0.3 is 0 Å². The van der Waals surface area contributed by atoms with Gasteiger partial charge in [0, 0.05) is 28.8 Å². The van der Waals surface area contributed by atoms with Gasteiger partial charge in [-0.3, -0.25) is 4.57 Å². The lowest BCUT2D eigenvalue weighted by Gasteiger charge is -2.28. The van der Waals surface area contributed by atoms with Crippen molar-refractivity contribution in [1.82, 2.24) is 19.7 Å². The molecule has 1 atom stereocenters. The number of rotatable bonds is 4. The third-order valence-corrected chi connectivity index (χ3v) is 6.41. The molecule has 1 unspecified atom stereocenters. The third kappa shape index (κ3) is 4.04. The van der Waals surface area contributed by atoms with Gasteiger partial charge in [0.05, 0.1) is 5.69 Å². The lowest BCUT2D eigenvalue weighted by atomic mass is 9.86. The quantitative estimate of drug-likeness (QED) is 0.369. The van der Waals surface area contributed by atoms with Crippen molar-refractivity contribution in [3.8, 4) is 11.6 Å². The lowest BCUT2D eigenvalue weighted by molar-refractivity contribution is -1.16. The van der Waals surface area contributed by atoms with Crippen LogP contribution in [0.4, 0.5) is 0 Å². The highest BCUT2D eigenvalue weighted by atomic mass is 35.5. The Labute approximate surface area is 185 Å². The zero-order valence-corrected chi connectivity index (χ0v) is 18.1. The van der Waals surface area contributed by atoms with Gasteiger partial charge in [-0.1, -0.05) is 17.7 Å². The molecule has 1 aromatic carbocycles. The normalized spacial score (nSPS) is 25.4. The highest BCUT2D eigenvalue weighted by Crippen LogP contribution is 2.37. The summed E-state index contributed by atoms with van der Waals surface area (Å²) in [6, 6.07) is 11.5. The molecule has 2 aliphatic rings. The standard InChI is InChI=1S/C22H24ClN5O3/c1-28(31-29)13-16-12-17(23)7-10-19(16)27-20(14-28)25-26-22(27)15-5-8-18(9-6-15)30-21-4-2-3-11-24-21/h2-4,7,10-12,15,18H,5-6,8-9,13-14H2,1H3/p+1. The summed E-state index contributed by atoms with van der Waals surface area (Å²) < 4.78 is 8.13. The molecule has 1 saturated carbocycles. The summed E-state index contributed by atoms with van der Waals surface area (Å²) in [6.07, 6.45) is 5.70. The van der Waals surface area contributed by atoms with Crippen molar-refractivity contribution in [2.45, 2.75) is 50.8 Å². The van der Waals surface area contributed by atoms with Gasteiger partial charge in [-0.15, -0.1) is 14.8 Å². The van der Waals surface area contributed by atoms with E-state index in [1.165, 1.54) is 0 Å². The molecule has 31 heavy (non-hydrogen) atoms. The summed E-state index contributed by atoms with van der Waals surface area (Å²) in [5.74, 6) is 2.66. The smallest absolute Gasteiger partial charge is 0.213 e. The monoisotopic (exact) mass is 442 g/mol. The zero-order valence-electron chi connectivity index (χ0n) is 17.3.